The van der Waals surface area contributed by atoms with E-state index in [1.807, 2.05) is 11.0 Å². The first kappa shape index (κ1) is 31.5. The number of hydrogen-bond acceptors (Lipinski definition) is 8. The predicted octanol–water partition coefficient (Wildman–Crippen LogP) is 5.29. The molecule has 4 heterocycles. The molecule has 2 atom stereocenters. The highest BCUT2D eigenvalue weighted by Crippen LogP contribution is 2.41. The molecule has 2 N–H and O–H groups in total. The van der Waals surface area contributed by atoms with Gasteiger partial charge in [0.25, 0.3) is 0 Å². The molecular formula is C33H46FN3O6. The van der Waals surface area contributed by atoms with Crippen molar-refractivity contribution in [1.82, 2.24) is 9.88 Å². The Balaban J connectivity index is 1.14. The molecule has 5 rings (SSSR count). The number of rotatable bonds is 13. The van der Waals surface area contributed by atoms with Gasteiger partial charge >= 0.3 is 5.97 Å². The van der Waals surface area contributed by atoms with E-state index in [2.05, 4.69) is 18.3 Å². The van der Waals surface area contributed by atoms with Crippen LogP contribution < -0.4 is 14.8 Å². The maximum atomic E-state index is 15.3. The Morgan fingerprint density at radius 2 is 2.02 bits per heavy atom. The molecule has 2 saturated heterocycles. The Bertz CT molecular complexity index is 1250. The lowest BCUT2D eigenvalue weighted by Crippen LogP contribution is -2.35. The van der Waals surface area contributed by atoms with E-state index < -0.39 is 17.8 Å². The average Bonchev–Trinajstić information content (AvgIpc) is 3.46. The summed E-state index contributed by atoms with van der Waals surface area (Å²) in [5.74, 6) is 0.333. The fourth-order valence-corrected chi connectivity index (χ4v) is 6.71. The van der Waals surface area contributed by atoms with Gasteiger partial charge in [0, 0.05) is 62.3 Å². The minimum Gasteiger partial charge on any atom is -0.496 e. The first-order valence-electron chi connectivity index (χ1n) is 15.7. The van der Waals surface area contributed by atoms with Gasteiger partial charge in [-0.25, -0.2) is 9.37 Å². The highest BCUT2D eigenvalue weighted by Gasteiger charge is 2.38. The van der Waals surface area contributed by atoms with Crippen molar-refractivity contribution in [3.63, 3.8) is 0 Å². The number of fused-ring (bicyclic) bond motifs is 1. The molecule has 3 aliphatic rings. The van der Waals surface area contributed by atoms with Crippen LogP contribution in [-0.2, 0) is 32.5 Å². The van der Waals surface area contributed by atoms with Crippen molar-refractivity contribution in [3.05, 3.63) is 46.4 Å². The van der Waals surface area contributed by atoms with Gasteiger partial charge in [-0.3, -0.25) is 9.69 Å². The topological polar surface area (TPSA) is 102 Å². The Morgan fingerprint density at radius 3 is 2.77 bits per heavy atom. The van der Waals surface area contributed by atoms with E-state index in [9.17, 15) is 9.90 Å². The molecule has 43 heavy (non-hydrogen) atoms. The molecule has 236 valence electrons. The number of ether oxygens (including phenoxy) is 4. The summed E-state index contributed by atoms with van der Waals surface area (Å²) >= 11 is 0. The van der Waals surface area contributed by atoms with Crippen molar-refractivity contribution in [1.29, 1.82) is 0 Å². The number of hydrogen-bond donors (Lipinski definition) is 2. The number of unbranched alkanes of at least 4 members (excludes halogenated alkanes) is 2. The van der Waals surface area contributed by atoms with Crippen molar-refractivity contribution in [2.45, 2.75) is 82.3 Å². The quantitative estimate of drug-likeness (QED) is 0.297. The van der Waals surface area contributed by atoms with Crippen LogP contribution in [0.1, 0.15) is 80.3 Å². The van der Waals surface area contributed by atoms with E-state index in [0.717, 1.165) is 87.2 Å². The number of aryl methyl sites for hydroxylation is 1. The lowest BCUT2D eigenvalue weighted by molar-refractivity contribution is -0.143. The summed E-state index contributed by atoms with van der Waals surface area (Å²) in [6.07, 6.45) is 8.08. The number of likely N-dealkylation sites (tertiary alicyclic amines) is 1. The highest BCUT2D eigenvalue weighted by atomic mass is 19.1. The van der Waals surface area contributed by atoms with Gasteiger partial charge in [-0.15, -0.1) is 0 Å². The second-order valence-electron chi connectivity index (χ2n) is 12.3. The number of carboxylic acids is 1. The van der Waals surface area contributed by atoms with E-state index >= 15 is 4.39 Å². The Hall–Kier alpha value is -2.95. The van der Waals surface area contributed by atoms with E-state index in [1.54, 1.807) is 7.11 Å². The number of nitrogens with zero attached hydrogens (tertiary/aromatic N) is 2. The monoisotopic (exact) mass is 599 g/mol. The van der Waals surface area contributed by atoms with Crippen LogP contribution in [0.15, 0.2) is 18.2 Å². The number of anilines is 1. The lowest BCUT2D eigenvalue weighted by Gasteiger charge is -2.35. The SMILES string of the molecule is COc1cc(CCCCCO[C@@H]2CCN([C@@H](C(=O)O)c3cc(C4(C)CCOCC4)cc(F)c3OC)C2)nc2c1CCCN2. The molecule has 0 radical (unpaired) electrons. The smallest absolute Gasteiger partial charge is 0.325 e. The number of aliphatic carboxylic acids is 1. The third-order valence-electron chi connectivity index (χ3n) is 9.32. The number of methoxy groups -OCH3 is 2. The minimum absolute atomic E-state index is 0.00186. The first-order chi connectivity index (χ1) is 20.8. The number of pyridine rings is 1. The zero-order valence-corrected chi connectivity index (χ0v) is 25.8. The zero-order chi connectivity index (χ0) is 30.4. The highest BCUT2D eigenvalue weighted by molar-refractivity contribution is 5.77. The van der Waals surface area contributed by atoms with Crippen LogP contribution in [0.5, 0.6) is 11.5 Å². The first-order valence-corrected chi connectivity index (χ1v) is 15.7. The van der Waals surface area contributed by atoms with E-state index in [1.165, 1.54) is 18.7 Å². The summed E-state index contributed by atoms with van der Waals surface area (Å²) in [6.45, 7) is 5.89. The Kier molecular flexibility index (Phi) is 10.4. The number of halogens is 1. The molecule has 1 aromatic heterocycles. The van der Waals surface area contributed by atoms with Crippen LogP contribution in [0, 0.1) is 5.82 Å². The minimum atomic E-state index is -1.02. The maximum Gasteiger partial charge on any atom is 0.325 e. The second kappa shape index (κ2) is 14.2. The molecule has 0 bridgehead atoms. The number of aromatic nitrogens is 1. The standard InChI is InChI=1S/C33H46FN3O6/c1-33(11-16-42-17-12-33)22-18-26(30(41-3)27(34)19-22)29(32(38)39)37-14-10-24(21-37)43-15-6-4-5-8-23-20-28(40-2)25-9-7-13-35-31(25)36-23/h18-20,24,29H,4-17,21H2,1-3H3,(H,35,36)(H,38,39)/t24-,29-/m1/s1. The van der Waals surface area contributed by atoms with Crippen LogP contribution in [0.4, 0.5) is 10.2 Å². The molecule has 0 unspecified atom stereocenters. The summed E-state index contributed by atoms with van der Waals surface area (Å²) < 4.78 is 38.0. The molecule has 2 aromatic rings. The molecular weight excluding hydrogens is 553 g/mol. The number of nitrogens with one attached hydrogen (secondary N) is 1. The van der Waals surface area contributed by atoms with Crippen LogP contribution >= 0.6 is 0 Å². The molecule has 10 heteroatoms. The van der Waals surface area contributed by atoms with Gasteiger partial charge in [0.1, 0.15) is 17.6 Å². The van der Waals surface area contributed by atoms with Gasteiger partial charge in [-0.2, -0.15) is 0 Å². The van der Waals surface area contributed by atoms with Crippen molar-refractivity contribution in [2.24, 2.45) is 0 Å². The third-order valence-corrected chi connectivity index (χ3v) is 9.32. The lowest BCUT2D eigenvalue weighted by atomic mass is 9.75. The Labute approximate surface area is 254 Å². The summed E-state index contributed by atoms with van der Waals surface area (Å²) in [5.41, 5.74) is 3.09. The average molecular weight is 600 g/mol. The van der Waals surface area contributed by atoms with Gasteiger partial charge in [0.15, 0.2) is 11.6 Å². The van der Waals surface area contributed by atoms with Crippen LogP contribution in [0.2, 0.25) is 0 Å². The summed E-state index contributed by atoms with van der Waals surface area (Å²) in [5, 5.41) is 13.7. The fraction of sp³-hybridized carbons (Fsp3) is 0.636. The van der Waals surface area contributed by atoms with E-state index in [4.69, 9.17) is 23.9 Å². The van der Waals surface area contributed by atoms with Gasteiger partial charge in [-0.05, 0) is 74.5 Å². The predicted molar refractivity (Wildman–Crippen MR) is 162 cm³/mol. The summed E-state index contributed by atoms with van der Waals surface area (Å²) in [7, 11) is 3.11. The zero-order valence-electron chi connectivity index (χ0n) is 25.8. The fourth-order valence-electron chi connectivity index (χ4n) is 6.71. The molecule has 9 nitrogen and oxygen atoms in total. The van der Waals surface area contributed by atoms with Crippen molar-refractivity contribution >= 4 is 11.8 Å². The Morgan fingerprint density at radius 1 is 1.21 bits per heavy atom. The third kappa shape index (κ3) is 7.24. The van der Waals surface area contributed by atoms with Gasteiger partial charge < -0.3 is 29.4 Å². The van der Waals surface area contributed by atoms with Crippen molar-refractivity contribution in [2.75, 3.05) is 59.0 Å². The molecule has 0 aliphatic carbocycles. The molecule has 0 saturated carbocycles. The van der Waals surface area contributed by atoms with Gasteiger partial charge in [0.2, 0.25) is 0 Å². The van der Waals surface area contributed by atoms with E-state index in [0.29, 0.717) is 38.5 Å². The molecule has 0 amide bonds. The van der Waals surface area contributed by atoms with Crippen LogP contribution in [0.25, 0.3) is 0 Å². The maximum absolute atomic E-state index is 15.3. The largest absolute Gasteiger partial charge is 0.496 e. The van der Waals surface area contributed by atoms with Gasteiger partial charge in [-0.1, -0.05) is 13.3 Å². The molecule has 1 aromatic carbocycles. The molecule has 3 aliphatic heterocycles. The normalized spacial score (nSPS) is 20.7. The number of carboxylic acid groups (broad SMARTS) is 1. The van der Waals surface area contributed by atoms with E-state index in [-0.39, 0.29) is 17.3 Å². The van der Waals surface area contributed by atoms with Crippen molar-refractivity contribution in [3.8, 4) is 11.5 Å². The summed E-state index contributed by atoms with van der Waals surface area (Å²) in [6, 6.07) is 4.38. The summed E-state index contributed by atoms with van der Waals surface area (Å²) in [4.78, 5) is 19.3. The van der Waals surface area contributed by atoms with Crippen LogP contribution in [-0.4, -0.2) is 80.7 Å². The van der Waals surface area contributed by atoms with Crippen LogP contribution in [0.3, 0.4) is 0 Å². The van der Waals surface area contributed by atoms with Gasteiger partial charge in [0.05, 0.1) is 20.3 Å². The number of carbonyl (C=O) groups is 1. The molecule has 0 spiro atoms. The van der Waals surface area contributed by atoms with Crippen molar-refractivity contribution < 1.29 is 33.2 Å². The second-order valence-corrected chi connectivity index (χ2v) is 12.3. The number of benzene rings is 1. The molecule has 2 fully saturated rings.